The average Bonchev–Trinajstić information content (AvgIpc) is 2.26. The van der Waals surface area contributed by atoms with Gasteiger partial charge < -0.3 is 15.0 Å². The number of nitrogens with zero attached hydrogens (tertiary/aromatic N) is 1. The highest BCUT2D eigenvalue weighted by molar-refractivity contribution is 5.76. The molecule has 2 rings (SSSR count). The Hall–Kier alpha value is -0.610. The molecule has 17 heavy (non-hydrogen) atoms. The molecule has 2 fully saturated rings. The molecular formula is C13H24N2O2. The van der Waals surface area contributed by atoms with Gasteiger partial charge in [0.2, 0.25) is 5.91 Å². The van der Waals surface area contributed by atoms with Gasteiger partial charge in [-0.2, -0.15) is 0 Å². The summed E-state index contributed by atoms with van der Waals surface area (Å²) in [6, 6.07) is 0.435. The Kier molecular flexibility index (Phi) is 4.40. The first-order chi connectivity index (χ1) is 8.19. The van der Waals surface area contributed by atoms with Gasteiger partial charge in [0.1, 0.15) is 0 Å². The van der Waals surface area contributed by atoms with E-state index in [-0.39, 0.29) is 0 Å². The molecule has 4 heteroatoms. The lowest BCUT2D eigenvalue weighted by molar-refractivity contribution is -0.135. The van der Waals surface area contributed by atoms with Gasteiger partial charge in [-0.15, -0.1) is 0 Å². The summed E-state index contributed by atoms with van der Waals surface area (Å²) in [5.74, 6) is 0.891. The van der Waals surface area contributed by atoms with E-state index in [1.165, 1.54) is 0 Å². The summed E-state index contributed by atoms with van der Waals surface area (Å²) in [6.45, 7) is 7.61. The quantitative estimate of drug-likeness (QED) is 0.797. The van der Waals surface area contributed by atoms with E-state index in [1.807, 2.05) is 11.8 Å². The summed E-state index contributed by atoms with van der Waals surface area (Å²) < 4.78 is 5.52. The van der Waals surface area contributed by atoms with Gasteiger partial charge in [0, 0.05) is 38.7 Å². The van der Waals surface area contributed by atoms with E-state index in [2.05, 4.69) is 12.2 Å². The highest BCUT2D eigenvalue weighted by Crippen LogP contribution is 2.33. The minimum Gasteiger partial charge on any atom is -0.378 e. The fraction of sp³-hybridized carbons (Fsp3) is 0.923. The van der Waals surface area contributed by atoms with Crippen LogP contribution in [0.5, 0.6) is 0 Å². The molecule has 1 aliphatic heterocycles. The fourth-order valence-corrected chi connectivity index (χ4v) is 2.75. The Labute approximate surface area is 104 Å². The predicted molar refractivity (Wildman–Crippen MR) is 66.8 cm³/mol. The SMILES string of the molecule is CCOC1CC(CC(=O)N2CCNC(C)C2)C1. The molecule has 4 nitrogen and oxygen atoms in total. The molecular weight excluding hydrogens is 216 g/mol. The maximum absolute atomic E-state index is 12.1. The normalized spacial score (nSPS) is 33.3. The van der Waals surface area contributed by atoms with E-state index in [4.69, 9.17) is 4.74 Å². The van der Waals surface area contributed by atoms with Gasteiger partial charge >= 0.3 is 0 Å². The number of amides is 1. The number of nitrogens with one attached hydrogen (secondary N) is 1. The molecule has 1 amide bonds. The van der Waals surface area contributed by atoms with Crippen LogP contribution in [0.3, 0.4) is 0 Å². The lowest BCUT2D eigenvalue weighted by Gasteiger charge is -2.37. The van der Waals surface area contributed by atoms with Crippen LogP contribution in [0.25, 0.3) is 0 Å². The van der Waals surface area contributed by atoms with Gasteiger partial charge in [-0.05, 0) is 32.6 Å². The molecule has 0 aromatic carbocycles. The summed E-state index contributed by atoms with van der Waals surface area (Å²) in [5, 5.41) is 3.36. The van der Waals surface area contributed by atoms with E-state index in [0.29, 0.717) is 24.0 Å². The second-order valence-electron chi connectivity index (χ2n) is 5.31. The molecule has 1 saturated carbocycles. The van der Waals surface area contributed by atoms with Crippen molar-refractivity contribution in [3.05, 3.63) is 0 Å². The molecule has 0 radical (unpaired) electrons. The van der Waals surface area contributed by atoms with Crippen molar-refractivity contribution in [3.63, 3.8) is 0 Å². The standard InChI is InChI=1S/C13H24N2O2/c1-3-17-12-6-11(7-12)8-13(16)15-5-4-14-10(2)9-15/h10-12,14H,3-9H2,1-2H3. The Morgan fingerprint density at radius 1 is 1.47 bits per heavy atom. The van der Waals surface area contributed by atoms with Crippen LogP contribution < -0.4 is 5.32 Å². The lowest BCUT2D eigenvalue weighted by Crippen LogP contribution is -2.52. The van der Waals surface area contributed by atoms with Gasteiger partial charge in [-0.3, -0.25) is 4.79 Å². The van der Waals surface area contributed by atoms with E-state index < -0.39 is 0 Å². The first kappa shape index (κ1) is 12.8. The van der Waals surface area contributed by atoms with Crippen molar-refractivity contribution < 1.29 is 9.53 Å². The van der Waals surface area contributed by atoms with Crippen LogP contribution in [0.2, 0.25) is 0 Å². The van der Waals surface area contributed by atoms with Crippen LogP contribution >= 0.6 is 0 Å². The van der Waals surface area contributed by atoms with Gasteiger partial charge in [0.05, 0.1) is 6.10 Å². The van der Waals surface area contributed by atoms with Crippen LogP contribution in [0.1, 0.15) is 33.1 Å². The minimum absolute atomic E-state index is 0.332. The third-order valence-corrected chi connectivity index (χ3v) is 3.78. The first-order valence-corrected chi connectivity index (χ1v) is 6.81. The highest BCUT2D eigenvalue weighted by atomic mass is 16.5. The Bertz CT molecular complexity index is 264. The summed E-state index contributed by atoms with van der Waals surface area (Å²) in [5.41, 5.74) is 0. The smallest absolute Gasteiger partial charge is 0.222 e. The van der Waals surface area contributed by atoms with E-state index in [9.17, 15) is 4.79 Å². The molecule has 1 heterocycles. The zero-order chi connectivity index (χ0) is 12.3. The third-order valence-electron chi connectivity index (χ3n) is 3.78. The predicted octanol–water partition coefficient (Wildman–Crippen LogP) is 1.01. The van der Waals surface area contributed by atoms with E-state index in [0.717, 1.165) is 45.5 Å². The molecule has 1 aliphatic carbocycles. The summed E-state index contributed by atoms with van der Waals surface area (Å²) in [7, 11) is 0. The van der Waals surface area contributed by atoms with Crippen LogP contribution in [0, 0.1) is 5.92 Å². The van der Waals surface area contributed by atoms with Crippen molar-refractivity contribution in [2.24, 2.45) is 5.92 Å². The van der Waals surface area contributed by atoms with Crippen LogP contribution in [-0.4, -0.2) is 49.2 Å². The van der Waals surface area contributed by atoms with Gasteiger partial charge in [-0.25, -0.2) is 0 Å². The van der Waals surface area contributed by atoms with Gasteiger partial charge in [0.25, 0.3) is 0 Å². The number of hydrogen-bond acceptors (Lipinski definition) is 3. The molecule has 1 N–H and O–H groups in total. The lowest BCUT2D eigenvalue weighted by atomic mass is 9.79. The zero-order valence-corrected chi connectivity index (χ0v) is 10.9. The summed E-state index contributed by atoms with van der Waals surface area (Å²) >= 11 is 0. The van der Waals surface area contributed by atoms with Crippen molar-refractivity contribution >= 4 is 5.91 Å². The molecule has 0 aromatic rings. The highest BCUT2D eigenvalue weighted by Gasteiger charge is 2.32. The number of ether oxygens (including phenoxy) is 1. The maximum Gasteiger partial charge on any atom is 0.222 e. The van der Waals surface area contributed by atoms with Crippen LogP contribution in [-0.2, 0) is 9.53 Å². The topological polar surface area (TPSA) is 41.6 Å². The molecule has 1 saturated heterocycles. The third kappa shape index (κ3) is 3.42. The Morgan fingerprint density at radius 3 is 2.88 bits per heavy atom. The monoisotopic (exact) mass is 240 g/mol. The van der Waals surface area contributed by atoms with Crippen molar-refractivity contribution in [3.8, 4) is 0 Å². The molecule has 98 valence electrons. The molecule has 0 bridgehead atoms. The average molecular weight is 240 g/mol. The van der Waals surface area contributed by atoms with Crippen molar-refractivity contribution in [1.82, 2.24) is 10.2 Å². The number of carbonyl (C=O) groups excluding carboxylic acids is 1. The Morgan fingerprint density at radius 2 is 2.24 bits per heavy atom. The van der Waals surface area contributed by atoms with E-state index >= 15 is 0 Å². The van der Waals surface area contributed by atoms with Crippen LogP contribution in [0.4, 0.5) is 0 Å². The van der Waals surface area contributed by atoms with Crippen molar-refractivity contribution in [1.29, 1.82) is 0 Å². The molecule has 2 aliphatic rings. The molecule has 0 aromatic heterocycles. The van der Waals surface area contributed by atoms with Gasteiger partial charge in [-0.1, -0.05) is 0 Å². The minimum atomic E-state index is 0.332. The number of piperazine rings is 1. The zero-order valence-electron chi connectivity index (χ0n) is 10.9. The number of hydrogen-bond donors (Lipinski definition) is 1. The van der Waals surface area contributed by atoms with Crippen molar-refractivity contribution in [2.75, 3.05) is 26.2 Å². The first-order valence-electron chi connectivity index (χ1n) is 6.81. The maximum atomic E-state index is 12.1. The fourth-order valence-electron chi connectivity index (χ4n) is 2.75. The molecule has 1 unspecified atom stereocenters. The second-order valence-corrected chi connectivity index (χ2v) is 5.31. The van der Waals surface area contributed by atoms with Gasteiger partial charge in [0.15, 0.2) is 0 Å². The van der Waals surface area contributed by atoms with Crippen LogP contribution in [0.15, 0.2) is 0 Å². The summed E-state index contributed by atoms with van der Waals surface area (Å²) in [6.07, 6.45) is 3.28. The Balaban J connectivity index is 1.68. The van der Waals surface area contributed by atoms with E-state index in [1.54, 1.807) is 0 Å². The second kappa shape index (κ2) is 5.83. The molecule has 0 spiro atoms. The number of carbonyl (C=O) groups is 1. The summed E-state index contributed by atoms with van der Waals surface area (Å²) in [4.78, 5) is 14.1. The van der Waals surface area contributed by atoms with Crippen molar-refractivity contribution in [2.45, 2.75) is 45.3 Å². The largest absolute Gasteiger partial charge is 0.378 e. The molecule has 1 atom stereocenters. The number of rotatable bonds is 4.